The quantitative estimate of drug-likeness (QED) is 0.848. The van der Waals surface area contributed by atoms with E-state index in [1.54, 1.807) is 4.90 Å². The van der Waals surface area contributed by atoms with Crippen molar-refractivity contribution in [3.63, 3.8) is 0 Å². The Morgan fingerprint density at radius 2 is 1.95 bits per heavy atom. The number of hydrogen-bond donors (Lipinski definition) is 0. The van der Waals surface area contributed by atoms with Gasteiger partial charge < -0.3 is 9.42 Å². The molecule has 4 nitrogen and oxygen atoms in total. The first-order chi connectivity index (χ1) is 9.66. The molecule has 1 saturated heterocycles. The molecule has 0 bridgehead atoms. The number of carbonyl (C=O) groups is 1. The van der Waals surface area contributed by atoms with Gasteiger partial charge in [-0.25, -0.2) is 8.78 Å². The van der Waals surface area contributed by atoms with Gasteiger partial charge >= 0.3 is 0 Å². The van der Waals surface area contributed by atoms with Crippen LogP contribution in [-0.2, 0) is 0 Å². The van der Waals surface area contributed by atoms with Crippen molar-refractivity contribution in [1.29, 1.82) is 0 Å². The zero-order valence-electron chi connectivity index (χ0n) is 10.6. The van der Waals surface area contributed by atoms with E-state index in [4.69, 9.17) is 4.52 Å². The van der Waals surface area contributed by atoms with E-state index < -0.39 is 11.6 Å². The van der Waals surface area contributed by atoms with Crippen molar-refractivity contribution >= 4 is 5.91 Å². The Hall–Kier alpha value is -2.24. The van der Waals surface area contributed by atoms with Crippen molar-refractivity contribution in [2.45, 2.75) is 12.8 Å². The van der Waals surface area contributed by atoms with Gasteiger partial charge in [0.2, 0.25) is 0 Å². The summed E-state index contributed by atoms with van der Waals surface area (Å²) in [5, 5.41) is 3.60. The lowest BCUT2D eigenvalue weighted by atomic mass is 10.1. The summed E-state index contributed by atoms with van der Waals surface area (Å²) in [6.07, 6.45) is 3.26. The van der Waals surface area contributed by atoms with E-state index >= 15 is 0 Å². The molecule has 1 aliphatic rings. The highest BCUT2D eigenvalue weighted by atomic mass is 19.2. The van der Waals surface area contributed by atoms with E-state index in [0.29, 0.717) is 18.7 Å². The molecule has 0 aliphatic carbocycles. The highest BCUT2D eigenvalue weighted by Crippen LogP contribution is 2.27. The highest BCUT2D eigenvalue weighted by molar-refractivity contribution is 5.99. The molecule has 0 N–H and O–H groups in total. The predicted octanol–water partition coefficient (Wildman–Crippen LogP) is 2.86. The van der Waals surface area contributed by atoms with Crippen LogP contribution in [0.3, 0.4) is 0 Å². The first-order valence-corrected chi connectivity index (χ1v) is 6.36. The summed E-state index contributed by atoms with van der Waals surface area (Å²) in [4.78, 5) is 14.0. The monoisotopic (exact) mass is 278 g/mol. The molecule has 3 rings (SSSR count). The van der Waals surface area contributed by atoms with Gasteiger partial charge in [0.15, 0.2) is 17.4 Å². The van der Waals surface area contributed by atoms with E-state index in [9.17, 15) is 13.6 Å². The molecule has 0 unspecified atom stereocenters. The van der Waals surface area contributed by atoms with E-state index in [2.05, 4.69) is 5.16 Å². The third-order valence-electron chi connectivity index (χ3n) is 3.38. The standard InChI is InChI=1S/C14H12F2N2O2/c15-11-4-3-9(7-12(11)16)13-10(8-17-20-13)14(19)18-5-1-2-6-18/h3-4,7-8H,1-2,5-6H2. The minimum absolute atomic E-state index is 0.167. The zero-order chi connectivity index (χ0) is 14.1. The van der Waals surface area contributed by atoms with E-state index in [0.717, 1.165) is 25.0 Å². The summed E-state index contributed by atoms with van der Waals surface area (Å²) in [5.74, 6) is -1.96. The van der Waals surface area contributed by atoms with Gasteiger partial charge in [-0.1, -0.05) is 5.16 Å². The molecule has 20 heavy (non-hydrogen) atoms. The van der Waals surface area contributed by atoms with Crippen LogP contribution in [-0.4, -0.2) is 29.1 Å². The highest BCUT2D eigenvalue weighted by Gasteiger charge is 2.25. The Balaban J connectivity index is 1.96. The molecule has 0 atom stereocenters. The number of aromatic nitrogens is 1. The molecule has 2 heterocycles. The average Bonchev–Trinajstić information content (AvgIpc) is 3.11. The van der Waals surface area contributed by atoms with Gasteiger partial charge in [-0.05, 0) is 31.0 Å². The van der Waals surface area contributed by atoms with Crippen molar-refractivity contribution in [2.75, 3.05) is 13.1 Å². The van der Waals surface area contributed by atoms with Crippen molar-refractivity contribution in [1.82, 2.24) is 10.1 Å². The summed E-state index contributed by atoms with van der Waals surface area (Å²) in [5.41, 5.74) is 0.571. The lowest BCUT2D eigenvalue weighted by Gasteiger charge is -2.14. The van der Waals surface area contributed by atoms with Crippen molar-refractivity contribution in [3.05, 3.63) is 41.6 Å². The lowest BCUT2D eigenvalue weighted by molar-refractivity contribution is 0.0793. The zero-order valence-corrected chi connectivity index (χ0v) is 10.6. The van der Waals surface area contributed by atoms with Crippen molar-refractivity contribution in [3.8, 4) is 11.3 Å². The van der Waals surface area contributed by atoms with Crippen LogP contribution in [0.2, 0.25) is 0 Å². The maximum atomic E-state index is 13.3. The minimum Gasteiger partial charge on any atom is -0.355 e. The van der Waals surface area contributed by atoms with E-state index in [1.807, 2.05) is 0 Å². The molecule has 0 saturated carbocycles. The normalized spacial score (nSPS) is 14.8. The van der Waals surface area contributed by atoms with Crippen molar-refractivity contribution < 1.29 is 18.1 Å². The Morgan fingerprint density at radius 1 is 1.20 bits per heavy atom. The van der Waals surface area contributed by atoms with Crippen LogP contribution >= 0.6 is 0 Å². The van der Waals surface area contributed by atoms with Crippen LogP contribution in [0, 0.1) is 11.6 Å². The Bertz CT molecular complexity index is 648. The van der Waals surface area contributed by atoms with Gasteiger partial charge in [-0.3, -0.25) is 4.79 Å². The number of rotatable bonds is 2. The maximum Gasteiger partial charge on any atom is 0.259 e. The van der Waals surface area contributed by atoms with Gasteiger partial charge in [0.25, 0.3) is 5.91 Å². The molecular formula is C14H12F2N2O2. The second-order valence-electron chi connectivity index (χ2n) is 4.70. The third kappa shape index (κ3) is 2.17. The number of likely N-dealkylation sites (tertiary alicyclic amines) is 1. The molecule has 1 amide bonds. The molecular weight excluding hydrogens is 266 g/mol. The second-order valence-corrected chi connectivity index (χ2v) is 4.70. The largest absolute Gasteiger partial charge is 0.355 e. The predicted molar refractivity (Wildman–Crippen MR) is 67.0 cm³/mol. The van der Waals surface area contributed by atoms with E-state index in [-0.39, 0.29) is 17.2 Å². The second kappa shape index (κ2) is 5.03. The van der Waals surface area contributed by atoms with Gasteiger partial charge in [0.05, 0.1) is 6.20 Å². The SMILES string of the molecule is O=C(c1cnoc1-c1ccc(F)c(F)c1)N1CCCC1. The Labute approximate surface area is 114 Å². The molecule has 2 aromatic rings. The number of hydrogen-bond acceptors (Lipinski definition) is 3. The number of halogens is 2. The van der Waals surface area contributed by atoms with Crippen LogP contribution in [0.1, 0.15) is 23.2 Å². The molecule has 1 aromatic heterocycles. The van der Waals surface area contributed by atoms with Crippen molar-refractivity contribution in [2.24, 2.45) is 0 Å². The Kier molecular flexibility index (Phi) is 3.22. The van der Waals surface area contributed by atoms with Gasteiger partial charge in [0.1, 0.15) is 5.56 Å². The first-order valence-electron chi connectivity index (χ1n) is 6.36. The molecule has 0 radical (unpaired) electrons. The molecule has 1 aromatic carbocycles. The summed E-state index contributed by atoms with van der Waals surface area (Å²) < 4.78 is 31.3. The van der Waals surface area contributed by atoms with Gasteiger partial charge in [-0.2, -0.15) is 0 Å². The summed E-state index contributed by atoms with van der Waals surface area (Å²) in [6.45, 7) is 1.39. The number of carbonyl (C=O) groups excluding carboxylic acids is 1. The fraction of sp³-hybridized carbons (Fsp3) is 0.286. The molecule has 0 spiro atoms. The molecule has 1 fully saturated rings. The Morgan fingerprint density at radius 3 is 2.65 bits per heavy atom. The lowest BCUT2D eigenvalue weighted by Crippen LogP contribution is -2.27. The molecule has 104 valence electrons. The first kappa shape index (κ1) is 12.8. The van der Waals surface area contributed by atoms with Crippen LogP contribution in [0.15, 0.2) is 28.9 Å². The number of benzene rings is 1. The molecule has 6 heteroatoms. The van der Waals surface area contributed by atoms with Crippen LogP contribution < -0.4 is 0 Å². The third-order valence-corrected chi connectivity index (χ3v) is 3.38. The maximum absolute atomic E-state index is 13.3. The summed E-state index contributed by atoms with van der Waals surface area (Å²) in [7, 11) is 0. The fourth-order valence-corrected chi connectivity index (χ4v) is 2.33. The van der Waals surface area contributed by atoms with E-state index in [1.165, 1.54) is 12.3 Å². The van der Waals surface area contributed by atoms with Crippen LogP contribution in [0.4, 0.5) is 8.78 Å². The summed E-state index contributed by atoms with van der Waals surface area (Å²) in [6, 6.07) is 3.35. The van der Waals surface area contributed by atoms with Gasteiger partial charge in [0, 0.05) is 18.7 Å². The average molecular weight is 278 g/mol. The summed E-state index contributed by atoms with van der Waals surface area (Å²) >= 11 is 0. The number of nitrogens with zero attached hydrogens (tertiary/aromatic N) is 2. The topological polar surface area (TPSA) is 46.3 Å². The van der Waals surface area contributed by atoms with Crippen LogP contribution in [0.25, 0.3) is 11.3 Å². The van der Waals surface area contributed by atoms with Crippen LogP contribution in [0.5, 0.6) is 0 Å². The smallest absolute Gasteiger partial charge is 0.259 e. The van der Waals surface area contributed by atoms with Gasteiger partial charge in [-0.15, -0.1) is 0 Å². The number of amides is 1. The molecule has 1 aliphatic heterocycles. The fourth-order valence-electron chi connectivity index (χ4n) is 2.33. The minimum atomic E-state index is -0.988.